The Bertz CT molecular complexity index is 837. The highest BCUT2D eigenvalue weighted by atomic mass is 32.2. The zero-order valence-corrected chi connectivity index (χ0v) is 14.9. The molecular formula is C17H22N4O3S. The Morgan fingerprint density at radius 1 is 1.24 bits per heavy atom. The Kier molecular flexibility index (Phi) is 5.08. The molecule has 0 unspecified atom stereocenters. The van der Waals surface area contributed by atoms with Crippen LogP contribution in [0.4, 0.5) is 5.69 Å². The number of aromatic nitrogens is 2. The third-order valence-electron chi connectivity index (χ3n) is 4.43. The lowest BCUT2D eigenvalue weighted by Gasteiger charge is -2.12. The van der Waals surface area contributed by atoms with Gasteiger partial charge in [0.25, 0.3) is 15.9 Å². The van der Waals surface area contributed by atoms with E-state index >= 15 is 0 Å². The molecule has 134 valence electrons. The van der Waals surface area contributed by atoms with Crippen molar-refractivity contribution in [2.45, 2.75) is 50.0 Å². The first kappa shape index (κ1) is 17.5. The summed E-state index contributed by atoms with van der Waals surface area (Å²) in [6, 6.07) is 6.80. The number of nitrogens with one attached hydrogen (secondary N) is 3. The standard InChI is InChI=1S/C17H22N4O3S/c1-2-12-7-9-14(10-8-12)25(23,24)21-15-11-18-20-16(15)17(22)19-13-5-3-4-6-13/h7-11,13,21H,2-6H2,1H3,(H,18,20)(H,19,22). The van der Waals surface area contributed by atoms with E-state index in [2.05, 4.69) is 20.2 Å². The van der Waals surface area contributed by atoms with Gasteiger partial charge in [-0.1, -0.05) is 31.9 Å². The Morgan fingerprint density at radius 2 is 1.92 bits per heavy atom. The maximum atomic E-state index is 12.5. The Hall–Kier alpha value is -2.35. The van der Waals surface area contributed by atoms with E-state index in [1.807, 2.05) is 6.92 Å². The molecule has 1 aromatic carbocycles. The van der Waals surface area contributed by atoms with Crippen LogP contribution in [0.5, 0.6) is 0 Å². The highest BCUT2D eigenvalue weighted by Gasteiger charge is 2.24. The molecule has 7 nitrogen and oxygen atoms in total. The molecule has 1 aromatic heterocycles. The second-order valence-electron chi connectivity index (χ2n) is 6.21. The zero-order valence-electron chi connectivity index (χ0n) is 14.1. The van der Waals surface area contributed by atoms with E-state index in [0.29, 0.717) is 0 Å². The van der Waals surface area contributed by atoms with E-state index in [1.165, 1.54) is 6.20 Å². The number of benzene rings is 1. The highest BCUT2D eigenvalue weighted by Crippen LogP contribution is 2.21. The van der Waals surface area contributed by atoms with Gasteiger partial charge in [0, 0.05) is 12.2 Å². The lowest BCUT2D eigenvalue weighted by atomic mass is 10.2. The number of aryl methyl sites for hydroxylation is 1. The molecule has 0 atom stereocenters. The van der Waals surface area contributed by atoms with Gasteiger partial charge < -0.3 is 5.32 Å². The van der Waals surface area contributed by atoms with Crippen molar-refractivity contribution in [2.75, 3.05) is 4.72 Å². The van der Waals surface area contributed by atoms with Crippen molar-refractivity contribution in [1.82, 2.24) is 15.5 Å². The topological polar surface area (TPSA) is 104 Å². The number of hydrogen-bond acceptors (Lipinski definition) is 4. The second kappa shape index (κ2) is 7.26. The maximum Gasteiger partial charge on any atom is 0.274 e. The number of sulfonamides is 1. The third kappa shape index (κ3) is 4.01. The summed E-state index contributed by atoms with van der Waals surface area (Å²) in [7, 11) is -3.78. The zero-order chi connectivity index (χ0) is 17.9. The van der Waals surface area contributed by atoms with Gasteiger partial charge in [-0.15, -0.1) is 0 Å². The monoisotopic (exact) mass is 362 g/mol. The molecule has 0 aliphatic heterocycles. The van der Waals surface area contributed by atoms with E-state index in [9.17, 15) is 13.2 Å². The molecule has 3 N–H and O–H groups in total. The molecule has 1 heterocycles. The lowest BCUT2D eigenvalue weighted by molar-refractivity contribution is 0.0933. The fraction of sp³-hybridized carbons (Fsp3) is 0.412. The number of rotatable bonds is 6. The van der Waals surface area contributed by atoms with E-state index in [-0.39, 0.29) is 28.2 Å². The number of hydrogen-bond donors (Lipinski definition) is 3. The molecule has 3 rings (SSSR count). The average Bonchev–Trinajstić information content (AvgIpc) is 3.26. The number of nitrogens with zero attached hydrogens (tertiary/aromatic N) is 1. The first-order valence-corrected chi connectivity index (χ1v) is 9.94. The minimum absolute atomic E-state index is 0.0562. The van der Waals surface area contributed by atoms with Gasteiger partial charge in [0.2, 0.25) is 0 Å². The van der Waals surface area contributed by atoms with Gasteiger partial charge in [0.15, 0.2) is 5.69 Å². The van der Waals surface area contributed by atoms with Crippen LogP contribution in [0.25, 0.3) is 0 Å². The fourth-order valence-electron chi connectivity index (χ4n) is 2.97. The predicted octanol–water partition coefficient (Wildman–Crippen LogP) is 2.45. The van der Waals surface area contributed by atoms with Crippen molar-refractivity contribution < 1.29 is 13.2 Å². The molecule has 0 radical (unpaired) electrons. The van der Waals surface area contributed by atoms with Crippen molar-refractivity contribution in [2.24, 2.45) is 0 Å². The fourth-order valence-corrected chi connectivity index (χ4v) is 4.03. The van der Waals surface area contributed by atoms with Crippen molar-refractivity contribution >= 4 is 21.6 Å². The van der Waals surface area contributed by atoms with Crippen LogP contribution in [0, 0.1) is 0 Å². The van der Waals surface area contributed by atoms with Crippen LogP contribution in [0.15, 0.2) is 35.4 Å². The second-order valence-corrected chi connectivity index (χ2v) is 7.89. The quantitative estimate of drug-likeness (QED) is 0.734. The van der Waals surface area contributed by atoms with Gasteiger partial charge in [-0.05, 0) is 37.0 Å². The van der Waals surface area contributed by atoms with Gasteiger partial charge in [0.1, 0.15) is 0 Å². The van der Waals surface area contributed by atoms with Crippen LogP contribution in [-0.4, -0.2) is 30.6 Å². The molecule has 1 aliphatic carbocycles. The highest BCUT2D eigenvalue weighted by molar-refractivity contribution is 7.92. The average molecular weight is 362 g/mol. The summed E-state index contributed by atoms with van der Waals surface area (Å²) in [6.45, 7) is 2.00. The molecular weight excluding hydrogens is 340 g/mol. The molecule has 25 heavy (non-hydrogen) atoms. The number of carbonyl (C=O) groups is 1. The molecule has 0 bridgehead atoms. The molecule has 0 spiro atoms. The summed E-state index contributed by atoms with van der Waals surface area (Å²) in [5, 5.41) is 9.36. The number of carbonyl (C=O) groups excluding carboxylic acids is 1. The maximum absolute atomic E-state index is 12.5. The number of amides is 1. The van der Waals surface area contributed by atoms with Crippen molar-refractivity contribution in [1.29, 1.82) is 0 Å². The van der Waals surface area contributed by atoms with E-state index in [4.69, 9.17) is 0 Å². The van der Waals surface area contributed by atoms with Crippen molar-refractivity contribution in [3.05, 3.63) is 41.7 Å². The molecule has 1 aliphatic rings. The van der Waals surface area contributed by atoms with Crippen LogP contribution in [-0.2, 0) is 16.4 Å². The van der Waals surface area contributed by atoms with Crippen LogP contribution >= 0.6 is 0 Å². The smallest absolute Gasteiger partial charge is 0.274 e. The summed E-state index contributed by atoms with van der Waals surface area (Å²) in [5.74, 6) is -0.368. The summed E-state index contributed by atoms with van der Waals surface area (Å²) in [5.41, 5.74) is 1.26. The third-order valence-corrected chi connectivity index (χ3v) is 5.81. The summed E-state index contributed by atoms with van der Waals surface area (Å²) < 4.78 is 27.5. The van der Waals surface area contributed by atoms with Gasteiger partial charge in [-0.2, -0.15) is 5.10 Å². The number of anilines is 1. The van der Waals surface area contributed by atoms with E-state index in [1.54, 1.807) is 24.3 Å². The van der Waals surface area contributed by atoms with Crippen LogP contribution < -0.4 is 10.0 Å². The van der Waals surface area contributed by atoms with Gasteiger partial charge in [-0.25, -0.2) is 8.42 Å². The predicted molar refractivity (Wildman–Crippen MR) is 94.9 cm³/mol. The van der Waals surface area contributed by atoms with Crippen LogP contribution in [0.2, 0.25) is 0 Å². The van der Waals surface area contributed by atoms with E-state index < -0.39 is 10.0 Å². The summed E-state index contributed by atoms with van der Waals surface area (Å²) in [6.07, 6.45) is 6.29. The largest absolute Gasteiger partial charge is 0.348 e. The van der Waals surface area contributed by atoms with Crippen LogP contribution in [0.3, 0.4) is 0 Å². The molecule has 2 aromatic rings. The molecule has 0 saturated heterocycles. The molecule has 8 heteroatoms. The molecule has 1 saturated carbocycles. The molecule has 1 fully saturated rings. The van der Waals surface area contributed by atoms with Gasteiger partial charge in [-0.3, -0.25) is 14.6 Å². The normalized spacial score (nSPS) is 15.2. The summed E-state index contributed by atoms with van der Waals surface area (Å²) in [4.78, 5) is 12.5. The summed E-state index contributed by atoms with van der Waals surface area (Å²) >= 11 is 0. The number of aromatic amines is 1. The van der Waals surface area contributed by atoms with E-state index in [0.717, 1.165) is 37.7 Å². The Labute approximate surface area is 147 Å². The Balaban J connectivity index is 1.76. The first-order valence-electron chi connectivity index (χ1n) is 8.46. The number of H-pyrrole nitrogens is 1. The SMILES string of the molecule is CCc1ccc(S(=O)(=O)Nc2c[nH]nc2C(=O)NC2CCCC2)cc1. The minimum atomic E-state index is -3.78. The Morgan fingerprint density at radius 3 is 2.56 bits per heavy atom. The van der Waals surface area contributed by atoms with Crippen LogP contribution in [0.1, 0.15) is 48.7 Å². The first-order chi connectivity index (χ1) is 12.0. The van der Waals surface area contributed by atoms with Gasteiger partial charge in [0.05, 0.1) is 10.6 Å². The lowest BCUT2D eigenvalue weighted by Crippen LogP contribution is -2.33. The van der Waals surface area contributed by atoms with Crippen molar-refractivity contribution in [3.63, 3.8) is 0 Å². The van der Waals surface area contributed by atoms with Crippen molar-refractivity contribution in [3.8, 4) is 0 Å². The van der Waals surface area contributed by atoms with Gasteiger partial charge >= 0.3 is 0 Å². The minimum Gasteiger partial charge on any atom is -0.348 e. The molecule has 1 amide bonds.